The summed E-state index contributed by atoms with van der Waals surface area (Å²) in [6, 6.07) is 3.14. The zero-order chi connectivity index (χ0) is 27.1. The van der Waals surface area contributed by atoms with Gasteiger partial charge in [0, 0.05) is 45.3 Å². The summed E-state index contributed by atoms with van der Waals surface area (Å²) in [5.41, 5.74) is 5.21. The number of hydrogen-bond donors (Lipinski definition) is 3. The molecule has 4 N–H and O–H groups in total. The van der Waals surface area contributed by atoms with Crippen molar-refractivity contribution in [2.24, 2.45) is 0 Å². The molecule has 10 nitrogen and oxygen atoms in total. The van der Waals surface area contributed by atoms with E-state index >= 15 is 0 Å². The first-order chi connectivity index (χ1) is 18.2. The molecular weight excluding hydrogens is 538 g/mol. The van der Waals surface area contributed by atoms with Gasteiger partial charge in [-0.05, 0) is 37.9 Å². The molecular formula is C24H34F2N6O4S2. The first-order valence-electron chi connectivity index (χ1n) is 12.7. The van der Waals surface area contributed by atoms with Gasteiger partial charge in [0.15, 0.2) is 5.13 Å². The van der Waals surface area contributed by atoms with Crippen LogP contribution in [0.3, 0.4) is 0 Å². The number of ether oxygens (including phenoxy) is 1. The minimum Gasteiger partial charge on any atom is -0.382 e. The number of halogens is 2. The van der Waals surface area contributed by atoms with Gasteiger partial charge < -0.3 is 21.1 Å². The molecule has 2 aliphatic heterocycles. The molecule has 0 atom stereocenters. The van der Waals surface area contributed by atoms with Crippen LogP contribution in [0.5, 0.6) is 0 Å². The molecule has 210 valence electrons. The Kier molecular flexibility index (Phi) is 10.0. The number of nitrogens with zero attached hydrogens (tertiary/aromatic N) is 3. The molecule has 4 rings (SSSR count). The van der Waals surface area contributed by atoms with Gasteiger partial charge in [-0.15, -0.1) is 0 Å². The van der Waals surface area contributed by atoms with Crippen LogP contribution < -0.4 is 16.4 Å². The summed E-state index contributed by atoms with van der Waals surface area (Å²) in [4.78, 5) is 19.1. The van der Waals surface area contributed by atoms with E-state index in [2.05, 4.69) is 20.5 Å². The number of nitrogen functional groups attached to an aromatic ring is 1. The lowest BCUT2D eigenvalue weighted by atomic mass is 10.1. The molecule has 0 aliphatic carbocycles. The minimum absolute atomic E-state index is 0.0462. The van der Waals surface area contributed by atoms with Crippen LogP contribution in [0.15, 0.2) is 18.2 Å². The number of ketones is 1. The third-order valence-corrected chi connectivity index (χ3v) is 9.65. The van der Waals surface area contributed by atoms with E-state index in [1.54, 1.807) is 0 Å². The van der Waals surface area contributed by atoms with Gasteiger partial charge in [-0.25, -0.2) is 26.5 Å². The molecule has 2 aliphatic rings. The molecule has 2 fully saturated rings. The van der Waals surface area contributed by atoms with Crippen molar-refractivity contribution < 1.29 is 26.7 Å². The molecule has 1 aromatic carbocycles. The van der Waals surface area contributed by atoms with Crippen LogP contribution in [0.1, 0.15) is 34.5 Å². The number of aromatic nitrogens is 1. The standard InChI is InChI=1S/C24H34F2N6O4S2/c25-18-3-1-4-19(26)20(18)21(33)22-23(27)30-24(37-22)29-17-5-9-32(10-6-17)38(34,35)16-2-7-28-8-11-31-12-14-36-15-13-31/h1,3-4,17,28H,2,5-16,27H2,(H,29,30). The van der Waals surface area contributed by atoms with Gasteiger partial charge in [0.1, 0.15) is 22.3 Å². The van der Waals surface area contributed by atoms with E-state index in [1.165, 1.54) is 10.4 Å². The fraction of sp³-hybridized carbons (Fsp3) is 0.583. The quantitative estimate of drug-likeness (QED) is 0.257. The average molecular weight is 573 g/mol. The average Bonchev–Trinajstić information content (AvgIpc) is 3.26. The fourth-order valence-electron chi connectivity index (χ4n) is 4.53. The second-order valence-corrected chi connectivity index (χ2v) is 12.4. The Labute approximate surface area is 225 Å². The molecule has 2 aromatic rings. The summed E-state index contributed by atoms with van der Waals surface area (Å²) in [5, 5.41) is 6.86. The highest BCUT2D eigenvalue weighted by molar-refractivity contribution is 7.89. The van der Waals surface area contributed by atoms with Crippen molar-refractivity contribution in [1.29, 1.82) is 0 Å². The van der Waals surface area contributed by atoms with Crippen LogP contribution in [0.25, 0.3) is 0 Å². The van der Waals surface area contributed by atoms with Crippen molar-refractivity contribution >= 4 is 38.1 Å². The number of anilines is 2. The highest BCUT2D eigenvalue weighted by Crippen LogP contribution is 2.30. The number of piperidine rings is 1. The zero-order valence-corrected chi connectivity index (χ0v) is 22.8. The molecule has 0 amide bonds. The van der Waals surface area contributed by atoms with Crippen LogP contribution in [0, 0.1) is 11.6 Å². The number of thiazole rings is 1. The zero-order valence-electron chi connectivity index (χ0n) is 21.1. The van der Waals surface area contributed by atoms with Crippen molar-refractivity contribution in [3.05, 3.63) is 40.3 Å². The molecule has 3 heterocycles. The highest BCUT2D eigenvalue weighted by Gasteiger charge is 2.29. The fourth-order valence-corrected chi connectivity index (χ4v) is 6.98. The molecule has 38 heavy (non-hydrogen) atoms. The first kappa shape index (κ1) is 28.8. The summed E-state index contributed by atoms with van der Waals surface area (Å²) < 4.78 is 60.5. The Balaban J connectivity index is 1.20. The van der Waals surface area contributed by atoms with E-state index in [0.29, 0.717) is 44.0 Å². The predicted molar refractivity (Wildman–Crippen MR) is 143 cm³/mol. The molecule has 0 saturated carbocycles. The Hall–Kier alpha value is -2.23. The van der Waals surface area contributed by atoms with Gasteiger partial charge in [0.25, 0.3) is 0 Å². The van der Waals surface area contributed by atoms with Gasteiger partial charge in [-0.1, -0.05) is 17.4 Å². The minimum atomic E-state index is -3.35. The maximum atomic E-state index is 14.0. The van der Waals surface area contributed by atoms with Crippen LogP contribution in [-0.2, 0) is 14.8 Å². The summed E-state index contributed by atoms with van der Waals surface area (Å²) in [6.07, 6.45) is 1.66. The smallest absolute Gasteiger partial charge is 0.214 e. The maximum absolute atomic E-state index is 14.0. The van der Waals surface area contributed by atoms with Crippen LogP contribution in [-0.4, -0.2) is 99.2 Å². The van der Waals surface area contributed by atoms with Crippen molar-refractivity contribution in [2.75, 3.05) is 75.8 Å². The number of hydrogen-bond acceptors (Lipinski definition) is 10. The number of rotatable bonds is 12. The van der Waals surface area contributed by atoms with E-state index < -0.39 is 33.0 Å². The lowest BCUT2D eigenvalue weighted by Gasteiger charge is -2.31. The molecule has 0 bridgehead atoms. The van der Waals surface area contributed by atoms with Gasteiger partial charge in [0.05, 0.1) is 24.5 Å². The normalized spacial score (nSPS) is 18.1. The number of nitrogens with two attached hydrogens (primary N) is 1. The van der Waals surface area contributed by atoms with Crippen molar-refractivity contribution in [3.8, 4) is 0 Å². The van der Waals surface area contributed by atoms with Crippen LogP contribution in [0.2, 0.25) is 0 Å². The second kappa shape index (κ2) is 13.2. The van der Waals surface area contributed by atoms with E-state index in [-0.39, 0.29) is 22.5 Å². The molecule has 2 saturated heterocycles. The number of sulfonamides is 1. The van der Waals surface area contributed by atoms with Gasteiger partial charge in [-0.2, -0.15) is 0 Å². The first-order valence-corrected chi connectivity index (χ1v) is 15.2. The van der Waals surface area contributed by atoms with E-state index in [4.69, 9.17) is 10.5 Å². The summed E-state index contributed by atoms with van der Waals surface area (Å²) in [5.74, 6) is -2.80. The number of benzene rings is 1. The SMILES string of the molecule is Nc1nc(NC2CCN(S(=O)(=O)CCCNCCN3CCOCC3)CC2)sc1C(=O)c1c(F)cccc1F. The molecule has 0 unspecified atom stereocenters. The topological polar surface area (TPSA) is 130 Å². The Morgan fingerprint density at radius 3 is 2.50 bits per heavy atom. The largest absolute Gasteiger partial charge is 0.382 e. The van der Waals surface area contributed by atoms with Gasteiger partial charge in [0.2, 0.25) is 15.8 Å². The number of morpholine rings is 1. The number of carbonyl (C=O) groups excluding carboxylic acids is 1. The third-order valence-electron chi connectivity index (χ3n) is 6.69. The van der Waals surface area contributed by atoms with Gasteiger partial charge >= 0.3 is 0 Å². The van der Waals surface area contributed by atoms with E-state index in [1.807, 2.05) is 0 Å². The Morgan fingerprint density at radius 1 is 1.13 bits per heavy atom. The summed E-state index contributed by atoms with van der Waals surface area (Å²) in [7, 11) is -3.35. The molecule has 14 heteroatoms. The Bertz CT molecular complexity index is 1180. The molecule has 0 radical (unpaired) electrons. The summed E-state index contributed by atoms with van der Waals surface area (Å²) in [6.45, 7) is 6.53. The van der Waals surface area contributed by atoms with Crippen molar-refractivity contribution in [3.63, 3.8) is 0 Å². The molecule has 0 spiro atoms. The summed E-state index contributed by atoms with van der Waals surface area (Å²) >= 11 is 0.928. The van der Waals surface area contributed by atoms with Gasteiger partial charge in [-0.3, -0.25) is 9.69 Å². The van der Waals surface area contributed by atoms with Crippen LogP contribution in [0.4, 0.5) is 19.7 Å². The lowest BCUT2D eigenvalue weighted by molar-refractivity contribution is 0.0384. The Morgan fingerprint density at radius 2 is 1.82 bits per heavy atom. The predicted octanol–water partition coefficient (Wildman–Crippen LogP) is 1.75. The third kappa shape index (κ3) is 7.45. The van der Waals surface area contributed by atoms with Crippen molar-refractivity contribution in [1.82, 2.24) is 19.5 Å². The highest BCUT2D eigenvalue weighted by atomic mass is 32.2. The number of carbonyl (C=O) groups is 1. The molecule has 1 aromatic heterocycles. The lowest BCUT2D eigenvalue weighted by Crippen LogP contribution is -2.43. The maximum Gasteiger partial charge on any atom is 0.214 e. The van der Waals surface area contributed by atoms with E-state index in [9.17, 15) is 22.0 Å². The van der Waals surface area contributed by atoms with Crippen molar-refractivity contribution in [2.45, 2.75) is 25.3 Å². The number of nitrogens with one attached hydrogen (secondary N) is 2. The monoisotopic (exact) mass is 572 g/mol. The second-order valence-electron chi connectivity index (χ2n) is 9.35. The van der Waals surface area contributed by atoms with E-state index in [0.717, 1.165) is 62.9 Å². The van der Waals surface area contributed by atoms with Crippen LogP contribution >= 0.6 is 11.3 Å².